The second-order valence-electron chi connectivity index (χ2n) is 7.20. The molecule has 6 nitrogen and oxygen atoms in total. The summed E-state index contributed by atoms with van der Waals surface area (Å²) >= 11 is 5.26. The highest BCUT2D eigenvalue weighted by molar-refractivity contribution is 7.80. The Kier molecular flexibility index (Phi) is 8.32. The molecular formula is C26H25N3O3S. The first-order valence-electron chi connectivity index (χ1n) is 10.3. The van der Waals surface area contributed by atoms with E-state index >= 15 is 0 Å². The fourth-order valence-electron chi connectivity index (χ4n) is 3.08. The number of benzene rings is 3. The van der Waals surface area contributed by atoms with Crippen molar-refractivity contribution in [2.75, 3.05) is 12.4 Å². The lowest BCUT2D eigenvalue weighted by Gasteiger charge is -2.17. The Hall–Kier alpha value is -3.97. The molecule has 7 heteroatoms. The number of methoxy groups -OCH3 is 1. The maximum atomic E-state index is 12.9. The van der Waals surface area contributed by atoms with Crippen LogP contribution in [0.25, 0.3) is 6.08 Å². The van der Waals surface area contributed by atoms with Gasteiger partial charge in [-0.2, -0.15) is 0 Å². The number of amides is 2. The monoisotopic (exact) mass is 459 g/mol. The predicted molar refractivity (Wildman–Crippen MR) is 135 cm³/mol. The van der Waals surface area contributed by atoms with Crippen LogP contribution in [0.1, 0.15) is 34.5 Å². The minimum atomic E-state index is -0.386. The molecule has 0 saturated heterocycles. The molecule has 2 amide bonds. The Bertz CT molecular complexity index is 1140. The second kappa shape index (κ2) is 11.6. The van der Waals surface area contributed by atoms with Gasteiger partial charge in [-0.1, -0.05) is 54.6 Å². The number of para-hydroxylation sites is 1. The summed E-state index contributed by atoms with van der Waals surface area (Å²) in [5, 5.41) is 8.61. The maximum Gasteiger partial charge on any atom is 0.253 e. The van der Waals surface area contributed by atoms with Crippen LogP contribution in [0.4, 0.5) is 5.69 Å². The van der Waals surface area contributed by atoms with E-state index in [2.05, 4.69) is 16.0 Å². The van der Waals surface area contributed by atoms with Gasteiger partial charge < -0.3 is 15.4 Å². The lowest BCUT2D eigenvalue weighted by atomic mass is 10.1. The van der Waals surface area contributed by atoms with E-state index < -0.39 is 0 Å². The number of rotatable bonds is 7. The van der Waals surface area contributed by atoms with Crippen molar-refractivity contribution in [1.82, 2.24) is 10.6 Å². The molecule has 0 spiro atoms. The van der Waals surface area contributed by atoms with E-state index in [0.717, 1.165) is 16.9 Å². The third kappa shape index (κ3) is 7.02. The number of anilines is 1. The van der Waals surface area contributed by atoms with Gasteiger partial charge in [0.25, 0.3) is 5.91 Å². The lowest BCUT2D eigenvalue weighted by molar-refractivity contribution is -0.115. The van der Waals surface area contributed by atoms with Crippen molar-refractivity contribution in [2.24, 2.45) is 0 Å². The van der Waals surface area contributed by atoms with Crippen LogP contribution in [0.15, 0.2) is 84.9 Å². The third-order valence-corrected chi connectivity index (χ3v) is 5.05. The molecule has 0 fully saturated rings. The summed E-state index contributed by atoms with van der Waals surface area (Å²) in [6, 6.07) is 23.8. The molecule has 3 aromatic carbocycles. The topological polar surface area (TPSA) is 79.5 Å². The van der Waals surface area contributed by atoms with Crippen LogP contribution in [0.3, 0.4) is 0 Å². The van der Waals surface area contributed by atoms with Gasteiger partial charge in [0, 0.05) is 6.08 Å². The summed E-state index contributed by atoms with van der Waals surface area (Å²) in [5.41, 5.74) is 2.77. The minimum absolute atomic E-state index is 0.0933. The molecule has 3 aromatic rings. The van der Waals surface area contributed by atoms with Gasteiger partial charge in [0.2, 0.25) is 5.91 Å². The van der Waals surface area contributed by atoms with Crippen molar-refractivity contribution >= 4 is 40.9 Å². The number of carbonyl (C=O) groups is 2. The summed E-state index contributed by atoms with van der Waals surface area (Å²) in [6.07, 6.45) is 3.06. The number of hydrogen-bond acceptors (Lipinski definition) is 4. The standard InChI is InChI=1S/C26H25N3O3S/c1-18(20-8-4-3-5-9-20)27-25(31)22-10-6-7-11-23(22)28-26(33)29-24(30)17-14-19-12-15-21(32-2)16-13-19/h3-18H,1-2H3,(H,27,31)(H2,28,29,30,33). The van der Waals surface area contributed by atoms with Gasteiger partial charge in [0.05, 0.1) is 24.4 Å². The number of thiocarbonyl (C=S) groups is 1. The molecule has 3 rings (SSSR count). The fourth-order valence-corrected chi connectivity index (χ4v) is 3.29. The molecule has 3 N–H and O–H groups in total. The van der Waals surface area contributed by atoms with Crippen molar-refractivity contribution in [3.05, 3.63) is 102 Å². The van der Waals surface area contributed by atoms with Gasteiger partial charge in [0.15, 0.2) is 5.11 Å². The Morgan fingerprint density at radius 1 is 0.939 bits per heavy atom. The molecule has 1 atom stereocenters. The summed E-state index contributed by atoms with van der Waals surface area (Å²) in [5.74, 6) is 0.105. The van der Waals surface area contributed by atoms with E-state index in [0.29, 0.717) is 11.3 Å². The number of hydrogen-bond donors (Lipinski definition) is 3. The van der Waals surface area contributed by atoms with Crippen LogP contribution in [0, 0.1) is 0 Å². The SMILES string of the molecule is COc1ccc(C=CC(=O)NC(=S)Nc2ccccc2C(=O)NC(C)c2ccccc2)cc1. The number of ether oxygens (including phenoxy) is 1. The van der Waals surface area contributed by atoms with Gasteiger partial charge in [-0.15, -0.1) is 0 Å². The van der Waals surface area contributed by atoms with Crippen LogP contribution >= 0.6 is 12.2 Å². The van der Waals surface area contributed by atoms with Crippen LogP contribution in [0.2, 0.25) is 0 Å². The highest BCUT2D eigenvalue weighted by Crippen LogP contribution is 2.18. The first-order valence-corrected chi connectivity index (χ1v) is 10.8. The quantitative estimate of drug-likeness (QED) is 0.352. The molecule has 0 aliphatic carbocycles. The zero-order valence-corrected chi connectivity index (χ0v) is 19.2. The third-order valence-electron chi connectivity index (χ3n) is 4.85. The summed E-state index contributed by atoms with van der Waals surface area (Å²) < 4.78 is 5.12. The zero-order chi connectivity index (χ0) is 23.6. The normalized spacial score (nSPS) is 11.5. The summed E-state index contributed by atoms with van der Waals surface area (Å²) in [4.78, 5) is 25.1. The molecule has 33 heavy (non-hydrogen) atoms. The largest absolute Gasteiger partial charge is 0.497 e. The van der Waals surface area contributed by atoms with Gasteiger partial charge in [-0.25, -0.2) is 0 Å². The number of nitrogens with one attached hydrogen (secondary N) is 3. The average molecular weight is 460 g/mol. The van der Waals surface area contributed by atoms with Crippen LogP contribution < -0.4 is 20.7 Å². The number of carbonyl (C=O) groups excluding carboxylic acids is 2. The van der Waals surface area contributed by atoms with E-state index in [1.807, 2.05) is 61.5 Å². The van der Waals surface area contributed by atoms with Crippen molar-refractivity contribution < 1.29 is 14.3 Å². The smallest absolute Gasteiger partial charge is 0.253 e. The molecule has 1 unspecified atom stereocenters. The van der Waals surface area contributed by atoms with E-state index in [1.54, 1.807) is 37.5 Å². The Balaban J connectivity index is 1.60. The van der Waals surface area contributed by atoms with Crippen LogP contribution in [0.5, 0.6) is 5.75 Å². The van der Waals surface area contributed by atoms with Crippen LogP contribution in [-0.4, -0.2) is 24.0 Å². The first-order chi connectivity index (χ1) is 16.0. The van der Waals surface area contributed by atoms with E-state index in [9.17, 15) is 9.59 Å². The van der Waals surface area contributed by atoms with Gasteiger partial charge in [-0.3, -0.25) is 14.9 Å². The Labute approximate surface area is 198 Å². The molecule has 0 aliphatic heterocycles. The molecule has 0 bridgehead atoms. The molecule has 0 aliphatic rings. The van der Waals surface area contributed by atoms with Crippen LogP contribution in [-0.2, 0) is 4.79 Å². The molecule has 0 aromatic heterocycles. The van der Waals surface area contributed by atoms with Crippen molar-refractivity contribution in [3.63, 3.8) is 0 Å². The molecule has 0 saturated carbocycles. The Morgan fingerprint density at radius 2 is 1.61 bits per heavy atom. The van der Waals surface area contributed by atoms with E-state index in [4.69, 9.17) is 17.0 Å². The van der Waals surface area contributed by atoms with Gasteiger partial charge in [-0.05, 0) is 60.6 Å². The Morgan fingerprint density at radius 3 is 2.30 bits per heavy atom. The lowest BCUT2D eigenvalue weighted by Crippen LogP contribution is -2.34. The first kappa shape index (κ1) is 23.7. The average Bonchev–Trinajstić information content (AvgIpc) is 2.83. The highest BCUT2D eigenvalue weighted by Gasteiger charge is 2.15. The van der Waals surface area contributed by atoms with Gasteiger partial charge in [0.1, 0.15) is 5.75 Å². The van der Waals surface area contributed by atoms with E-state index in [-0.39, 0.29) is 23.0 Å². The predicted octanol–water partition coefficient (Wildman–Crippen LogP) is 4.71. The zero-order valence-electron chi connectivity index (χ0n) is 18.4. The van der Waals surface area contributed by atoms with Crippen molar-refractivity contribution in [2.45, 2.75) is 13.0 Å². The van der Waals surface area contributed by atoms with Crippen molar-refractivity contribution in [3.8, 4) is 5.75 Å². The molecule has 168 valence electrons. The fraction of sp³-hybridized carbons (Fsp3) is 0.115. The second-order valence-corrected chi connectivity index (χ2v) is 7.61. The molecule has 0 radical (unpaired) electrons. The molecule has 0 heterocycles. The summed E-state index contributed by atoms with van der Waals surface area (Å²) in [7, 11) is 1.60. The summed E-state index contributed by atoms with van der Waals surface area (Å²) in [6.45, 7) is 1.92. The molecular weight excluding hydrogens is 434 g/mol. The maximum absolute atomic E-state index is 12.9. The van der Waals surface area contributed by atoms with E-state index in [1.165, 1.54) is 6.08 Å². The van der Waals surface area contributed by atoms with Gasteiger partial charge >= 0.3 is 0 Å². The highest BCUT2D eigenvalue weighted by atomic mass is 32.1. The van der Waals surface area contributed by atoms with Crippen molar-refractivity contribution in [1.29, 1.82) is 0 Å². The minimum Gasteiger partial charge on any atom is -0.497 e.